The van der Waals surface area contributed by atoms with E-state index in [9.17, 15) is 5.11 Å². The van der Waals surface area contributed by atoms with Gasteiger partial charge in [-0.3, -0.25) is 0 Å². The quantitative estimate of drug-likeness (QED) is 0.326. The van der Waals surface area contributed by atoms with E-state index in [1.165, 1.54) is 44.9 Å². The van der Waals surface area contributed by atoms with E-state index in [2.05, 4.69) is 33.9 Å². The fourth-order valence-corrected chi connectivity index (χ4v) is 6.11. The minimum absolute atomic E-state index is 0.0227. The van der Waals surface area contributed by atoms with Crippen molar-refractivity contribution in [1.29, 1.82) is 0 Å². The van der Waals surface area contributed by atoms with Gasteiger partial charge < -0.3 is 19.0 Å². The number of hydrogen-bond donors (Lipinski definition) is 1. The summed E-state index contributed by atoms with van der Waals surface area (Å²) in [5, 5.41) is 9.56. The lowest BCUT2D eigenvalue weighted by molar-refractivity contribution is -0.232. The highest BCUT2D eigenvalue weighted by molar-refractivity contribution is 6.74. The third kappa shape index (κ3) is 8.53. The number of ether oxygens (including phenoxy) is 2. The van der Waals surface area contributed by atoms with E-state index in [0.717, 1.165) is 51.6 Å². The average Bonchev–Trinajstić information content (AvgIpc) is 2.68. The maximum atomic E-state index is 9.29. The molecule has 2 fully saturated rings. The maximum Gasteiger partial charge on any atom is 0.192 e. The van der Waals surface area contributed by atoms with Crippen molar-refractivity contribution in [3.8, 4) is 0 Å². The monoisotopic (exact) mass is 442 g/mol. The molecule has 0 aromatic rings. The van der Waals surface area contributed by atoms with Crippen LogP contribution in [0.2, 0.25) is 18.1 Å². The van der Waals surface area contributed by atoms with Crippen molar-refractivity contribution in [2.24, 2.45) is 0 Å². The molecule has 0 bridgehead atoms. The van der Waals surface area contributed by atoms with Crippen molar-refractivity contribution in [3.63, 3.8) is 0 Å². The Morgan fingerprint density at radius 2 is 1.57 bits per heavy atom. The van der Waals surface area contributed by atoms with Gasteiger partial charge in [-0.2, -0.15) is 0 Å². The average molecular weight is 443 g/mol. The molecule has 2 rings (SSSR count). The highest BCUT2D eigenvalue weighted by Gasteiger charge is 2.39. The molecule has 0 spiro atoms. The van der Waals surface area contributed by atoms with Gasteiger partial charge in [-0.1, -0.05) is 46.5 Å². The van der Waals surface area contributed by atoms with Gasteiger partial charge in [0.25, 0.3) is 0 Å². The molecule has 1 aliphatic heterocycles. The molecular formula is C25H50O4Si. The van der Waals surface area contributed by atoms with Gasteiger partial charge in [0.15, 0.2) is 14.6 Å². The second-order valence-corrected chi connectivity index (χ2v) is 16.0. The van der Waals surface area contributed by atoms with Crippen molar-refractivity contribution in [2.75, 3.05) is 13.2 Å². The molecule has 5 heteroatoms. The fraction of sp³-hybridized carbons (Fsp3) is 1.00. The Kier molecular flexibility index (Phi) is 10.8. The molecule has 1 heterocycles. The normalized spacial score (nSPS) is 30.2. The Morgan fingerprint density at radius 1 is 0.933 bits per heavy atom. The molecule has 2 aliphatic rings. The van der Waals surface area contributed by atoms with E-state index in [-0.39, 0.29) is 23.5 Å². The van der Waals surface area contributed by atoms with Gasteiger partial charge in [0.1, 0.15) is 0 Å². The Balaban J connectivity index is 1.96. The van der Waals surface area contributed by atoms with Gasteiger partial charge in [0.2, 0.25) is 0 Å². The first-order valence-corrected chi connectivity index (χ1v) is 15.7. The number of rotatable bonds is 8. The van der Waals surface area contributed by atoms with E-state index in [1.807, 2.05) is 0 Å². The lowest BCUT2D eigenvalue weighted by atomic mass is 9.83. The molecule has 1 aliphatic carbocycles. The zero-order valence-electron chi connectivity index (χ0n) is 20.6. The first-order chi connectivity index (χ1) is 14.2. The molecular weight excluding hydrogens is 392 g/mol. The largest absolute Gasteiger partial charge is 0.414 e. The van der Waals surface area contributed by atoms with Crippen molar-refractivity contribution < 1.29 is 19.0 Å². The van der Waals surface area contributed by atoms with Crippen LogP contribution in [-0.4, -0.2) is 44.6 Å². The Morgan fingerprint density at radius 3 is 2.10 bits per heavy atom. The van der Waals surface area contributed by atoms with E-state index < -0.39 is 8.32 Å². The number of unbranched alkanes of at least 4 members (excludes halogenated alkanes) is 1. The highest BCUT2D eigenvalue weighted by Crippen LogP contribution is 2.40. The third-order valence-corrected chi connectivity index (χ3v) is 12.2. The van der Waals surface area contributed by atoms with Crippen LogP contribution >= 0.6 is 0 Å². The first kappa shape index (κ1) is 26.3. The van der Waals surface area contributed by atoms with Crippen LogP contribution < -0.4 is 0 Å². The molecule has 1 unspecified atom stereocenters. The van der Waals surface area contributed by atoms with Crippen LogP contribution in [-0.2, 0) is 13.9 Å². The molecule has 30 heavy (non-hydrogen) atoms. The number of hydrogen-bond acceptors (Lipinski definition) is 4. The van der Waals surface area contributed by atoms with E-state index in [0.29, 0.717) is 6.10 Å². The Bertz CT molecular complexity index is 456. The second kappa shape index (κ2) is 12.3. The maximum absolute atomic E-state index is 9.29. The lowest BCUT2D eigenvalue weighted by Crippen LogP contribution is -2.44. The molecule has 0 aromatic heterocycles. The lowest BCUT2D eigenvalue weighted by Gasteiger charge is -2.41. The van der Waals surface area contributed by atoms with Crippen LogP contribution in [0, 0.1) is 0 Å². The van der Waals surface area contributed by atoms with Crippen LogP contribution in [0.25, 0.3) is 0 Å². The minimum Gasteiger partial charge on any atom is -0.414 e. The van der Waals surface area contributed by atoms with Crippen LogP contribution in [0.5, 0.6) is 0 Å². The molecule has 1 saturated heterocycles. The van der Waals surface area contributed by atoms with Crippen molar-refractivity contribution in [2.45, 2.75) is 147 Å². The van der Waals surface area contributed by atoms with Crippen LogP contribution in [0.3, 0.4) is 0 Å². The minimum atomic E-state index is -1.70. The predicted molar refractivity (Wildman–Crippen MR) is 127 cm³/mol. The molecule has 0 aromatic carbocycles. The highest BCUT2D eigenvalue weighted by atomic mass is 28.4. The van der Waals surface area contributed by atoms with E-state index in [1.54, 1.807) is 0 Å². The van der Waals surface area contributed by atoms with Crippen molar-refractivity contribution in [1.82, 2.24) is 0 Å². The summed E-state index contributed by atoms with van der Waals surface area (Å²) in [5.74, 6) is 0. The molecule has 178 valence electrons. The van der Waals surface area contributed by atoms with Crippen molar-refractivity contribution >= 4 is 8.32 Å². The summed E-state index contributed by atoms with van der Waals surface area (Å²) >= 11 is 0. The van der Waals surface area contributed by atoms with Gasteiger partial charge in [-0.25, -0.2) is 0 Å². The van der Waals surface area contributed by atoms with Gasteiger partial charge >= 0.3 is 0 Å². The molecule has 1 atom stereocenters. The summed E-state index contributed by atoms with van der Waals surface area (Å²) in [5.41, 5.74) is -0.0652. The predicted octanol–water partition coefficient (Wildman–Crippen LogP) is 6.96. The smallest absolute Gasteiger partial charge is 0.192 e. The van der Waals surface area contributed by atoms with Gasteiger partial charge in [0.05, 0.1) is 5.60 Å². The van der Waals surface area contributed by atoms with Gasteiger partial charge in [-0.15, -0.1) is 0 Å². The van der Waals surface area contributed by atoms with Gasteiger partial charge in [0, 0.05) is 19.3 Å². The summed E-state index contributed by atoms with van der Waals surface area (Å²) in [6.45, 7) is 12.9. The third-order valence-electron chi connectivity index (χ3n) is 7.64. The zero-order valence-corrected chi connectivity index (χ0v) is 21.6. The van der Waals surface area contributed by atoms with Crippen molar-refractivity contribution in [3.05, 3.63) is 0 Å². The summed E-state index contributed by atoms with van der Waals surface area (Å²) in [6.07, 6.45) is 16.2. The summed E-state index contributed by atoms with van der Waals surface area (Å²) < 4.78 is 19.5. The molecule has 1 N–H and O–H groups in total. The molecule has 0 radical (unpaired) electrons. The SMILES string of the molecule is CC(C)(C)[Si](C)(C)OC1CCCCC(CCCCO)(OC2CCCCO2)CCCC1. The number of aliphatic hydroxyl groups is 1. The van der Waals surface area contributed by atoms with Gasteiger partial charge in [-0.05, 0) is 82.3 Å². The fourth-order valence-electron chi connectivity index (χ4n) is 4.69. The second-order valence-electron chi connectivity index (χ2n) is 11.3. The van der Waals surface area contributed by atoms with E-state index in [4.69, 9.17) is 13.9 Å². The molecule has 4 nitrogen and oxygen atoms in total. The number of aliphatic hydroxyl groups excluding tert-OH is 1. The first-order valence-electron chi connectivity index (χ1n) is 12.8. The van der Waals surface area contributed by atoms with Crippen LogP contribution in [0.15, 0.2) is 0 Å². The summed E-state index contributed by atoms with van der Waals surface area (Å²) in [7, 11) is -1.70. The van der Waals surface area contributed by atoms with E-state index >= 15 is 0 Å². The molecule has 1 saturated carbocycles. The molecule has 0 amide bonds. The van der Waals surface area contributed by atoms with Crippen LogP contribution in [0.4, 0.5) is 0 Å². The zero-order chi connectivity index (χ0) is 22.1. The summed E-state index contributed by atoms with van der Waals surface area (Å²) in [6, 6.07) is 0. The standard InChI is InChI=1S/C25H50O4Si/c1-24(2,3)30(4,5)29-22-14-6-9-17-25(18-10-7-15-22,19-11-12-20-26)28-23-16-8-13-21-27-23/h22-23,26H,6-21H2,1-5H3. The van der Waals surface area contributed by atoms with Crippen LogP contribution in [0.1, 0.15) is 111 Å². The Hall–Kier alpha value is 0.0569. The Labute approximate surface area is 187 Å². The summed E-state index contributed by atoms with van der Waals surface area (Å²) in [4.78, 5) is 0. The topological polar surface area (TPSA) is 47.9 Å².